The summed E-state index contributed by atoms with van der Waals surface area (Å²) in [7, 11) is 0. The Morgan fingerprint density at radius 3 is 3.08 bits per heavy atom. The number of nitrogens with one attached hydrogen (secondary N) is 3. The zero-order valence-electron chi connectivity index (χ0n) is 15.0. The first kappa shape index (κ1) is 17.3. The molecule has 0 bridgehead atoms. The molecule has 7 heteroatoms. The molecule has 140 valence electrons. The molecular formula is C19H26N4O3. The van der Waals surface area contributed by atoms with Crippen LogP contribution in [-0.2, 0) is 9.59 Å². The number of nitrogens with zero attached hydrogens (tertiary/aromatic N) is 1. The molecule has 26 heavy (non-hydrogen) atoms. The molecule has 1 saturated heterocycles. The molecule has 0 spiro atoms. The normalized spacial score (nSPS) is 30.3. The molecule has 1 aliphatic carbocycles. The van der Waals surface area contributed by atoms with Crippen molar-refractivity contribution in [2.75, 3.05) is 18.0 Å². The smallest absolute Gasteiger partial charge is 0.267 e. The predicted octanol–water partition coefficient (Wildman–Crippen LogP) is 0.952. The Labute approximate surface area is 153 Å². The fourth-order valence-corrected chi connectivity index (χ4v) is 4.23. The van der Waals surface area contributed by atoms with Crippen molar-refractivity contribution in [1.82, 2.24) is 16.2 Å². The van der Waals surface area contributed by atoms with Crippen molar-refractivity contribution in [2.24, 2.45) is 5.92 Å². The Bertz CT molecular complexity index is 695. The lowest BCUT2D eigenvalue weighted by molar-refractivity contribution is -0.125. The van der Waals surface area contributed by atoms with Crippen LogP contribution in [0.2, 0.25) is 0 Å². The SMILES string of the molecule is CC1Oc2ccccc2N(CCC(=O)NC2CCC3NNCC3C2)C1=O. The number of hydrazine groups is 1. The summed E-state index contributed by atoms with van der Waals surface area (Å²) in [6.45, 7) is 3.08. The van der Waals surface area contributed by atoms with Crippen molar-refractivity contribution in [3.8, 4) is 5.75 Å². The fourth-order valence-electron chi connectivity index (χ4n) is 4.23. The number of amides is 2. The molecule has 0 radical (unpaired) electrons. The van der Waals surface area contributed by atoms with Gasteiger partial charge in [-0.05, 0) is 44.2 Å². The lowest BCUT2D eigenvalue weighted by atomic mass is 9.83. The first-order chi connectivity index (χ1) is 12.6. The highest BCUT2D eigenvalue weighted by molar-refractivity contribution is 6.00. The minimum atomic E-state index is -0.523. The van der Waals surface area contributed by atoms with Crippen molar-refractivity contribution >= 4 is 17.5 Å². The molecule has 2 amide bonds. The average molecular weight is 358 g/mol. The van der Waals surface area contributed by atoms with Gasteiger partial charge in [-0.25, -0.2) is 0 Å². The third kappa shape index (κ3) is 3.41. The summed E-state index contributed by atoms with van der Waals surface area (Å²) in [5, 5.41) is 3.16. The summed E-state index contributed by atoms with van der Waals surface area (Å²) in [6, 6.07) is 8.24. The fraction of sp³-hybridized carbons (Fsp3) is 0.579. The van der Waals surface area contributed by atoms with Crippen LogP contribution in [0.3, 0.4) is 0 Å². The van der Waals surface area contributed by atoms with E-state index in [0.717, 1.165) is 31.5 Å². The number of carbonyl (C=O) groups is 2. The highest BCUT2D eigenvalue weighted by Gasteiger charge is 2.35. The van der Waals surface area contributed by atoms with Gasteiger partial charge in [-0.1, -0.05) is 12.1 Å². The largest absolute Gasteiger partial charge is 0.479 e. The Hall–Kier alpha value is -2.12. The molecule has 1 aromatic rings. The molecular weight excluding hydrogens is 332 g/mol. The monoisotopic (exact) mass is 358 g/mol. The van der Waals surface area contributed by atoms with Crippen molar-refractivity contribution < 1.29 is 14.3 Å². The zero-order valence-corrected chi connectivity index (χ0v) is 15.0. The number of fused-ring (bicyclic) bond motifs is 2. The summed E-state index contributed by atoms with van der Waals surface area (Å²) >= 11 is 0. The van der Waals surface area contributed by atoms with Gasteiger partial charge in [0, 0.05) is 31.6 Å². The summed E-state index contributed by atoms with van der Waals surface area (Å²) in [5.74, 6) is 1.19. The molecule has 4 atom stereocenters. The predicted molar refractivity (Wildman–Crippen MR) is 97.7 cm³/mol. The van der Waals surface area contributed by atoms with E-state index in [1.807, 2.05) is 24.3 Å². The highest BCUT2D eigenvalue weighted by atomic mass is 16.5. The van der Waals surface area contributed by atoms with Crippen LogP contribution in [0.4, 0.5) is 5.69 Å². The molecule has 4 rings (SSSR count). The number of hydrogen-bond donors (Lipinski definition) is 3. The molecule has 0 aromatic heterocycles. The van der Waals surface area contributed by atoms with Crippen LogP contribution in [0.15, 0.2) is 24.3 Å². The molecule has 2 aliphatic heterocycles. The first-order valence-corrected chi connectivity index (χ1v) is 9.46. The van der Waals surface area contributed by atoms with Gasteiger partial charge >= 0.3 is 0 Å². The minimum absolute atomic E-state index is 0.0109. The second-order valence-electron chi connectivity index (χ2n) is 7.44. The maximum atomic E-state index is 12.5. The Morgan fingerprint density at radius 2 is 2.19 bits per heavy atom. The molecule has 2 fully saturated rings. The van der Waals surface area contributed by atoms with Crippen LogP contribution in [-0.4, -0.2) is 43.1 Å². The lowest BCUT2D eigenvalue weighted by Gasteiger charge is -2.33. The van der Waals surface area contributed by atoms with Crippen molar-refractivity contribution in [3.05, 3.63) is 24.3 Å². The molecule has 3 aliphatic rings. The second kappa shape index (κ2) is 7.25. The summed E-state index contributed by atoms with van der Waals surface area (Å²) in [4.78, 5) is 26.6. The Kier molecular flexibility index (Phi) is 4.82. The van der Waals surface area contributed by atoms with Crippen LogP contribution < -0.4 is 25.8 Å². The van der Waals surface area contributed by atoms with Gasteiger partial charge in [-0.3, -0.25) is 20.4 Å². The molecule has 1 saturated carbocycles. The third-order valence-corrected chi connectivity index (χ3v) is 5.64. The number of rotatable bonds is 4. The van der Waals surface area contributed by atoms with Crippen molar-refractivity contribution in [1.29, 1.82) is 0 Å². The summed E-state index contributed by atoms with van der Waals surface area (Å²) < 4.78 is 5.64. The van der Waals surface area contributed by atoms with Gasteiger partial charge in [-0.2, -0.15) is 0 Å². The van der Waals surface area contributed by atoms with Gasteiger partial charge in [0.1, 0.15) is 5.75 Å². The van der Waals surface area contributed by atoms with Crippen LogP contribution in [0.25, 0.3) is 0 Å². The molecule has 2 heterocycles. The van der Waals surface area contributed by atoms with E-state index >= 15 is 0 Å². The van der Waals surface area contributed by atoms with E-state index in [-0.39, 0.29) is 17.9 Å². The summed E-state index contributed by atoms with van der Waals surface area (Å²) in [5.41, 5.74) is 7.25. The lowest BCUT2D eigenvalue weighted by Crippen LogP contribution is -2.47. The second-order valence-corrected chi connectivity index (χ2v) is 7.44. The minimum Gasteiger partial charge on any atom is -0.479 e. The van der Waals surface area contributed by atoms with E-state index in [4.69, 9.17) is 4.74 Å². The topological polar surface area (TPSA) is 82.7 Å². The van der Waals surface area contributed by atoms with Gasteiger partial charge < -0.3 is 15.0 Å². The zero-order chi connectivity index (χ0) is 18.1. The number of carbonyl (C=O) groups excluding carboxylic acids is 2. The van der Waals surface area contributed by atoms with Gasteiger partial charge in [-0.15, -0.1) is 0 Å². The van der Waals surface area contributed by atoms with E-state index in [1.54, 1.807) is 11.8 Å². The number of benzene rings is 1. The summed E-state index contributed by atoms with van der Waals surface area (Å²) in [6.07, 6.45) is 2.86. The average Bonchev–Trinajstić information content (AvgIpc) is 3.10. The molecule has 1 aromatic carbocycles. The maximum absolute atomic E-state index is 12.5. The number of anilines is 1. The third-order valence-electron chi connectivity index (χ3n) is 5.64. The van der Waals surface area contributed by atoms with Crippen LogP contribution in [0.5, 0.6) is 5.75 Å². The van der Waals surface area contributed by atoms with Crippen molar-refractivity contribution in [2.45, 2.75) is 50.8 Å². The van der Waals surface area contributed by atoms with Gasteiger partial charge in [0.2, 0.25) is 5.91 Å². The standard InChI is InChI=1S/C19H26N4O3/c1-12-19(25)23(16-4-2-3-5-17(16)26-12)9-8-18(24)21-14-6-7-15-13(10-14)11-20-22-15/h2-5,12-15,20,22H,6-11H2,1H3,(H,21,24). The van der Waals surface area contributed by atoms with E-state index < -0.39 is 6.10 Å². The van der Waals surface area contributed by atoms with E-state index in [1.165, 1.54) is 0 Å². The van der Waals surface area contributed by atoms with Gasteiger partial charge in [0.25, 0.3) is 5.91 Å². The quantitative estimate of drug-likeness (QED) is 0.747. The van der Waals surface area contributed by atoms with E-state index in [9.17, 15) is 9.59 Å². The Morgan fingerprint density at radius 1 is 1.35 bits per heavy atom. The first-order valence-electron chi connectivity index (χ1n) is 9.46. The van der Waals surface area contributed by atoms with E-state index in [0.29, 0.717) is 30.7 Å². The molecule has 4 unspecified atom stereocenters. The maximum Gasteiger partial charge on any atom is 0.267 e. The highest BCUT2D eigenvalue weighted by Crippen LogP contribution is 2.33. The van der Waals surface area contributed by atoms with Crippen LogP contribution >= 0.6 is 0 Å². The van der Waals surface area contributed by atoms with Crippen LogP contribution in [0.1, 0.15) is 32.6 Å². The van der Waals surface area contributed by atoms with E-state index in [2.05, 4.69) is 16.2 Å². The van der Waals surface area contributed by atoms with Crippen LogP contribution in [0, 0.1) is 5.92 Å². The number of hydrogen-bond acceptors (Lipinski definition) is 5. The number of para-hydroxylation sites is 2. The Balaban J connectivity index is 1.33. The van der Waals surface area contributed by atoms with Gasteiger partial charge in [0.05, 0.1) is 5.69 Å². The molecule has 7 nitrogen and oxygen atoms in total. The molecule has 3 N–H and O–H groups in total. The van der Waals surface area contributed by atoms with Gasteiger partial charge in [0.15, 0.2) is 6.10 Å². The van der Waals surface area contributed by atoms with Crippen molar-refractivity contribution in [3.63, 3.8) is 0 Å². The number of ether oxygens (including phenoxy) is 1.